The van der Waals surface area contributed by atoms with Gasteiger partial charge in [0.05, 0.1) is 6.21 Å². The van der Waals surface area contributed by atoms with Gasteiger partial charge in [0.1, 0.15) is 12.2 Å². The normalized spacial score (nSPS) is 10.6. The van der Waals surface area contributed by atoms with Gasteiger partial charge in [-0.25, -0.2) is 5.43 Å². The van der Waals surface area contributed by atoms with Crippen LogP contribution in [0.25, 0.3) is 0 Å². The van der Waals surface area contributed by atoms with Crippen molar-refractivity contribution in [3.63, 3.8) is 0 Å². The molecule has 0 aliphatic rings. The number of phenols is 1. The molecule has 6 nitrogen and oxygen atoms in total. The molecule has 0 fully saturated rings. The van der Waals surface area contributed by atoms with Crippen molar-refractivity contribution in [3.8, 4) is 5.75 Å². The van der Waals surface area contributed by atoms with Gasteiger partial charge in [-0.15, -0.1) is 0 Å². The van der Waals surface area contributed by atoms with Crippen molar-refractivity contribution in [1.82, 2.24) is 5.43 Å². The second kappa shape index (κ2) is 8.84. The fraction of sp³-hybridized carbons (Fsp3) is 0.167. The SMILES string of the molecule is CCc1ccccc1NC(=O)CC(=O)NN=Cc1cc(Cl)ccc1O. The largest absolute Gasteiger partial charge is 0.507 e. The number of nitrogens with zero attached hydrogens (tertiary/aromatic N) is 1. The maximum absolute atomic E-state index is 11.9. The van der Waals surface area contributed by atoms with Gasteiger partial charge in [-0.05, 0) is 36.2 Å². The van der Waals surface area contributed by atoms with Gasteiger partial charge in [0, 0.05) is 16.3 Å². The van der Waals surface area contributed by atoms with Crippen molar-refractivity contribution in [2.45, 2.75) is 19.8 Å². The van der Waals surface area contributed by atoms with E-state index in [1.54, 1.807) is 6.07 Å². The third kappa shape index (κ3) is 5.61. The number of hydrogen-bond donors (Lipinski definition) is 3. The van der Waals surface area contributed by atoms with Gasteiger partial charge >= 0.3 is 0 Å². The molecule has 0 saturated heterocycles. The van der Waals surface area contributed by atoms with E-state index >= 15 is 0 Å². The monoisotopic (exact) mass is 359 g/mol. The number of halogens is 1. The Labute approximate surface area is 150 Å². The number of carbonyl (C=O) groups excluding carboxylic acids is 2. The maximum atomic E-state index is 11.9. The summed E-state index contributed by atoms with van der Waals surface area (Å²) in [6.07, 6.45) is 1.66. The molecule has 130 valence electrons. The van der Waals surface area contributed by atoms with Crippen molar-refractivity contribution < 1.29 is 14.7 Å². The fourth-order valence-electron chi connectivity index (χ4n) is 2.13. The van der Waals surface area contributed by atoms with Gasteiger partial charge in [-0.3, -0.25) is 9.59 Å². The van der Waals surface area contributed by atoms with Gasteiger partial charge in [0.2, 0.25) is 11.8 Å². The first kappa shape index (κ1) is 18.5. The van der Waals surface area contributed by atoms with E-state index in [1.807, 2.05) is 25.1 Å². The minimum atomic E-state index is -0.566. The smallest absolute Gasteiger partial charge is 0.249 e. The number of rotatable bonds is 6. The van der Waals surface area contributed by atoms with Gasteiger partial charge in [-0.1, -0.05) is 36.7 Å². The average Bonchev–Trinajstić information content (AvgIpc) is 2.58. The number of phenolic OH excluding ortho intramolecular Hbond substituents is 1. The Kier molecular flexibility index (Phi) is 6.54. The predicted molar refractivity (Wildman–Crippen MR) is 97.9 cm³/mol. The van der Waals surface area contributed by atoms with Crippen molar-refractivity contribution in [2.24, 2.45) is 5.10 Å². The summed E-state index contributed by atoms with van der Waals surface area (Å²) in [6.45, 7) is 1.98. The van der Waals surface area contributed by atoms with Crippen LogP contribution in [-0.4, -0.2) is 23.1 Å². The molecular formula is C18H18ClN3O3. The summed E-state index contributed by atoms with van der Waals surface area (Å²) >= 11 is 5.82. The number of para-hydroxylation sites is 1. The zero-order valence-corrected chi connectivity index (χ0v) is 14.4. The summed E-state index contributed by atoms with van der Waals surface area (Å²) in [7, 11) is 0. The standard InChI is InChI=1S/C18H18ClN3O3/c1-2-12-5-3-4-6-15(12)21-17(24)10-18(25)22-20-11-13-9-14(19)7-8-16(13)23/h3-9,11,23H,2,10H2,1H3,(H,21,24)(H,22,25). The van der Waals surface area contributed by atoms with Gasteiger partial charge < -0.3 is 10.4 Å². The third-order valence-corrected chi connectivity index (χ3v) is 3.61. The molecule has 2 amide bonds. The van der Waals surface area contributed by atoms with E-state index in [1.165, 1.54) is 24.4 Å². The van der Waals surface area contributed by atoms with Crippen molar-refractivity contribution >= 4 is 35.3 Å². The molecule has 0 aliphatic carbocycles. The van der Waals surface area contributed by atoms with Crippen LogP contribution in [0, 0.1) is 0 Å². The highest BCUT2D eigenvalue weighted by atomic mass is 35.5. The lowest BCUT2D eigenvalue weighted by atomic mass is 10.1. The minimum absolute atomic E-state index is 0.0173. The van der Waals surface area contributed by atoms with E-state index < -0.39 is 11.8 Å². The zero-order valence-electron chi connectivity index (χ0n) is 13.6. The number of hydrazone groups is 1. The summed E-state index contributed by atoms with van der Waals surface area (Å²) in [5.41, 5.74) is 4.28. The number of carbonyl (C=O) groups is 2. The first-order valence-corrected chi connectivity index (χ1v) is 8.05. The van der Waals surface area contributed by atoms with E-state index in [9.17, 15) is 14.7 Å². The third-order valence-electron chi connectivity index (χ3n) is 3.38. The summed E-state index contributed by atoms with van der Waals surface area (Å²) in [6, 6.07) is 11.9. The Bertz CT molecular complexity index is 806. The van der Waals surface area contributed by atoms with Gasteiger partial charge in [0.15, 0.2) is 0 Å². The molecule has 0 spiro atoms. The van der Waals surface area contributed by atoms with E-state index in [2.05, 4.69) is 15.8 Å². The zero-order chi connectivity index (χ0) is 18.2. The molecule has 0 heterocycles. The molecule has 0 bridgehead atoms. The maximum Gasteiger partial charge on any atom is 0.249 e. The second-order valence-electron chi connectivity index (χ2n) is 5.23. The lowest BCUT2D eigenvalue weighted by Gasteiger charge is -2.09. The number of amides is 2. The van der Waals surface area contributed by atoms with E-state index in [0.29, 0.717) is 16.3 Å². The quantitative estimate of drug-likeness (QED) is 0.420. The van der Waals surface area contributed by atoms with Crippen LogP contribution in [0.3, 0.4) is 0 Å². The number of hydrogen-bond acceptors (Lipinski definition) is 4. The molecule has 2 aromatic rings. The number of benzene rings is 2. The number of nitrogens with one attached hydrogen (secondary N) is 2. The van der Waals surface area contributed by atoms with E-state index in [4.69, 9.17) is 11.6 Å². The topological polar surface area (TPSA) is 90.8 Å². The molecule has 2 aromatic carbocycles. The number of anilines is 1. The molecule has 7 heteroatoms. The summed E-state index contributed by atoms with van der Waals surface area (Å²) in [5.74, 6) is -1.01. The number of aryl methyl sites for hydroxylation is 1. The lowest BCUT2D eigenvalue weighted by Crippen LogP contribution is -2.25. The average molecular weight is 360 g/mol. The van der Waals surface area contributed by atoms with Crippen LogP contribution in [0.2, 0.25) is 5.02 Å². The van der Waals surface area contributed by atoms with Crippen LogP contribution in [0.4, 0.5) is 5.69 Å². The van der Waals surface area contributed by atoms with Gasteiger partial charge in [0.25, 0.3) is 0 Å². The lowest BCUT2D eigenvalue weighted by molar-refractivity contribution is -0.126. The summed E-state index contributed by atoms with van der Waals surface area (Å²) in [4.78, 5) is 23.7. The predicted octanol–water partition coefficient (Wildman–Crippen LogP) is 3.09. The summed E-state index contributed by atoms with van der Waals surface area (Å²) < 4.78 is 0. The molecule has 25 heavy (non-hydrogen) atoms. The molecule has 0 aliphatic heterocycles. The van der Waals surface area contributed by atoms with E-state index in [-0.39, 0.29) is 12.2 Å². The molecular weight excluding hydrogens is 342 g/mol. The van der Waals surface area contributed by atoms with Crippen LogP contribution < -0.4 is 10.7 Å². The molecule has 0 radical (unpaired) electrons. The Morgan fingerprint density at radius 2 is 1.96 bits per heavy atom. The Hall–Kier alpha value is -2.86. The molecule has 0 atom stereocenters. The first-order chi connectivity index (χ1) is 12.0. The molecule has 0 unspecified atom stereocenters. The highest BCUT2D eigenvalue weighted by molar-refractivity contribution is 6.30. The minimum Gasteiger partial charge on any atom is -0.507 e. The molecule has 0 aromatic heterocycles. The summed E-state index contributed by atoms with van der Waals surface area (Å²) in [5, 5.41) is 16.5. The van der Waals surface area contributed by atoms with Crippen molar-refractivity contribution in [2.75, 3.05) is 5.32 Å². The van der Waals surface area contributed by atoms with Gasteiger partial charge in [-0.2, -0.15) is 5.10 Å². The Morgan fingerprint density at radius 3 is 2.72 bits per heavy atom. The van der Waals surface area contributed by atoms with E-state index in [0.717, 1.165) is 12.0 Å². The van der Waals surface area contributed by atoms with Crippen LogP contribution in [0.5, 0.6) is 5.75 Å². The number of aromatic hydroxyl groups is 1. The highest BCUT2D eigenvalue weighted by Gasteiger charge is 2.10. The molecule has 3 N–H and O–H groups in total. The van der Waals surface area contributed by atoms with Crippen molar-refractivity contribution in [3.05, 3.63) is 58.6 Å². The van der Waals surface area contributed by atoms with Crippen LogP contribution in [0.1, 0.15) is 24.5 Å². The Morgan fingerprint density at radius 1 is 1.20 bits per heavy atom. The van der Waals surface area contributed by atoms with Crippen LogP contribution in [0.15, 0.2) is 47.6 Å². The molecule has 0 saturated carbocycles. The van der Waals surface area contributed by atoms with Crippen molar-refractivity contribution in [1.29, 1.82) is 0 Å². The second-order valence-corrected chi connectivity index (χ2v) is 5.67. The fourth-order valence-corrected chi connectivity index (χ4v) is 2.31. The molecule has 2 rings (SSSR count). The first-order valence-electron chi connectivity index (χ1n) is 7.67. The van der Waals surface area contributed by atoms with Crippen LogP contribution in [-0.2, 0) is 16.0 Å². The Balaban J connectivity index is 1.88. The van der Waals surface area contributed by atoms with Crippen LogP contribution >= 0.6 is 11.6 Å². The highest BCUT2D eigenvalue weighted by Crippen LogP contribution is 2.19.